The van der Waals surface area contributed by atoms with Crippen LogP contribution in [0.3, 0.4) is 0 Å². The average molecular weight is 199 g/mol. The number of carbonyl (C=O) groups excluding carboxylic acids is 2. The zero-order valence-corrected chi connectivity index (χ0v) is 8.16. The van der Waals surface area contributed by atoms with Gasteiger partial charge in [0.15, 0.2) is 0 Å². The first-order chi connectivity index (χ1) is 6.61. The number of amides is 2. The molecule has 5 nitrogen and oxygen atoms in total. The van der Waals surface area contributed by atoms with E-state index in [1.54, 1.807) is 0 Å². The molecule has 1 fully saturated rings. The third-order valence-electron chi connectivity index (χ3n) is 2.60. The van der Waals surface area contributed by atoms with Crippen molar-refractivity contribution >= 4 is 11.8 Å². The van der Waals surface area contributed by atoms with Gasteiger partial charge in [-0.2, -0.15) is 0 Å². The highest BCUT2D eigenvalue weighted by molar-refractivity contribution is 5.77. The summed E-state index contributed by atoms with van der Waals surface area (Å²) in [6.45, 7) is 0.711. The molecular weight excluding hydrogens is 182 g/mol. The number of primary amides is 1. The summed E-state index contributed by atoms with van der Waals surface area (Å²) in [5, 5.41) is 2.73. The van der Waals surface area contributed by atoms with Crippen LogP contribution in [0.5, 0.6) is 0 Å². The van der Waals surface area contributed by atoms with Gasteiger partial charge in [0.1, 0.15) is 0 Å². The van der Waals surface area contributed by atoms with Gasteiger partial charge in [0.2, 0.25) is 11.8 Å². The van der Waals surface area contributed by atoms with E-state index in [0.717, 1.165) is 12.8 Å². The number of rotatable bonds is 5. The zero-order chi connectivity index (χ0) is 10.6. The van der Waals surface area contributed by atoms with Gasteiger partial charge in [-0.15, -0.1) is 0 Å². The van der Waals surface area contributed by atoms with Crippen molar-refractivity contribution in [2.75, 3.05) is 13.1 Å². The van der Waals surface area contributed by atoms with Crippen molar-refractivity contribution in [2.24, 2.45) is 23.3 Å². The van der Waals surface area contributed by atoms with Crippen molar-refractivity contribution in [3.8, 4) is 0 Å². The van der Waals surface area contributed by atoms with Gasteiger partial charge in [-0.3, -0.25) is 9.59 Å². The highest BCUT2D eigenvalue weighted by Crippen LogP contribution is 2.35. The SMILES string of the molecule is NCC(=O)NCC1CC(CC(N)=O)C1. The lowest BCUT2D eigenvalue weighted by Gasteiger charge is -2.34. The molecule has 1 aliphatic carbocycles. The molecule has 0 saturated heterocycles. The fourth-order valence-corrected chi connectivity index (χ4v) is 1.82. The summed E-state index contributed by atoms with van der Waals surface area (Å²) in [5.74, 6) is 0.560. The van der Waals surface area contributed by atoms with E-state index in [4.69, 9.17) is 11.5 Å². The van der Waals surface area contributed by atoms with Gasteiger partial charge in [-0.05, 0) is 24.7 Å². The van der Waals surface area contributed by atoms with Crippen LogP contribution in [-0.2, 0) is 9.59 Å². The topological polar surface area (TPSA) is 98.2 Å². The minimum atomic E-state index is -0.237. The maximum absolute atomic E-state index is 10.8. The first-order valence-corrected chi connectivity index (χ1v) is 4.87. The molecule has 0 bridgehead atoms. The monoisotopic (exact) mass is 199 g/mol. The molecule has 0 aromatic heterocycles. The highest BCUT2D eigenvalue weighted by Gasteiger charge is 2.29. The molecule has 14 heavy (non-hydrogen) atoms. The van der Waals surface area contributed by atoms with Gasteiger partial charge >= 0.3 is 0 Å². The lowest BCUT2D eigenvalue weighted by atomic mass is 9.73. The van der Waals surface area contributed by atoms with Crippen molar-refractivity contribution in [3.05, 3.63) is 0 Å². The van der Waals surface area contributed by atoms with E-state index in [9.17, 15) is 9.59 Å². The minimum Gasteiger partial charge on any atom is -0.370 e. The van der Waals surface area contributed by atoms with E-state index >= 15 is 0 Å². The summed E-state index contributed by atoms with van der Waals surface area (Å²) in [5.41, 5.74) is 10.2. The summed E-state index contributed by atoms with van der Waals surface area (Å²) in [4.78, 5) is 21.4. The second-order valence-corrected chi connectivity index (χ2v) is 3.88. The molecule has 0 spiro atoms. The van der Waals surface area contributed by atoms with Crippen LogP contribution in [0.15, 0.2) is 0 Å². The molecule has 5 heteroatoms. The predicted molar refractivity (Wildman–Crippen MR) is 52.1 cm³/mol. The highest BCUT2D eigenvalue weighted by atomic mass is 16.2. The van der Waals surface area contributed by atoms with Crippen LogP contribution in [0.25, 0.3) is 0 Å². The summed E-state index contributed by atoms with van der Waals surface area (Å²) in [7, 11) is 0. The van der Waals surface area contributed by atoms with Crippen LogP contribution in [0.4, 0.5) is 0 Å². The molecule has 1 aliphatic rings. The molecular formula is C9H17N3O2. The average Bonchev–Trinajstić information content (AvgIpc) is 2.07. The third kappa shape index (κ3) is 3.33. The second-order valence-electron chi connectivity index (χ2n) is 3.88. The van der Waals surface area contributed by atoms with Crippen LogP contribution in [0.1, 0.15) is 19.3 Å². The fraction of sp³-hybridized carbons (Fsp3) is 0.778. The molecule has 1 rings (SSSR count). The van der Waals surface area contributed by atoms with Crippen molar-refractivity contribution in [3.63, 3.8) is 0 Å². The minimum absolute atomic E-state index is 0.0391. The Morgan fingerprint density at radius 3 is 2.43 bits per heavy atom. The molecule has 2 amide bonds. The molecule has 1 saturated carbocycles. The molecule has 5 N–H and O–H groups in total. The fourth-order valence-electron chi connectivity index (χ4n) is 1.82. The van der Waals surface area contributed by atoms with Crippen molar-refractivity contribution in [1.82, 2.24) is 5.32 Å². The molecule has 0 unspecified atom stereocenters. The molecule has 0 atom stereocenters. The van der Waals surface area contributed by atoms with E-state index in [1.807, 2.05) is 0 Å². The number of hydrogen-bond acceptors (Lipinski definition) is 3. The van der Waals surface area contributed by atoms with Gasteiger partial charge in [-0.1, -0.05) is 0 Å². The summed E-state index contributed by atoms with van der Waals surface area (Å²) < 4.78 is 0. The summed E-state index contributed by atoms with van der Waals surface area (Å²) >= 11 is 0. The quantitative estimate of drug-likeness (QED) is 0.527. The lowest BCUT2D eigenvalue weighted by molar-refractivity contribution is -0.121. The van der Waals surface area contributed by atoms with Gasteiger partial charge in [0.05, 0.1) is 6.54 Å². The van der Waals surface area contributed by atoms with Gasteiger partial charge < -0.3 is 16.8 Å². The first-order valence-electron chi connectivity index (χ1n) is 4.87. The van der Waals surface area contributed by atoms with Crippen LogP contribution in [-0.4, -0.2) is 24.9 Å². The maximum Gasteiger partial charge on any atom is 0.233 e. The second kappa shape index (κ2) is 4.95. The lowest BCUT2D eigenvalue weighted by Crippen LogP contribution is -2.39. The Bertz CT molecular complexity index is 224. The summed E-state index contributed by atoms with van der Waals surface area (Å²) in [6, 6.07) is 0. The van der Waals surface area contributed by atoms with E-state index in [1.165, 1.54) is 0 Å². The normalized spacial score (nSPS) is 25.2. The largest absolute Gasteiger partial charge is 0.370 e. The van der Waals surface area contributed by atoms with Gasteiger partial charge in [0, 0.05) is 13.0 Å². The number of nitrogens with two attached hydrogens (primary N) is 2. The van der Waals surface area contributed by atoms with E-state index in [-0.39, 0.29) is 18.4 Å². The van der Waals surface area contributed by atoms with Gasteiger partial charge in [0.25, 0.3) is 0 Å². The number of hydrogen-bond donors (Lipinski definition) is 3. The standard InChI is InChI=1S/C9H17N3O2/c10-4-9(14)12-5-7-1-6(2-7)3-8(11)13/h6-7H,1-5,10H2,(H2,11,13)(H,12,14). The summed E-state index contributed by atoms with van der Waals surface area (Å²) in [6.07, 6.45) is 2.43. The molecule has 0 aliphatic heterocycles. The number of carbonyl (C=O) groups is 2. The van der Waals surface area contributed by atoms with Crippen LogP contribution in [0, 0.1) is 11.8 Å². The smallest absolute Gasteiger partial charge is 0.233 e. The Hall–Kier alpha value is -1.10. The Morgan fingerprint density at radius 1 is 1.29 bits per heavy atom. The molecule has 0 aromatic rings. The molecule has 0 heterocycles. The molecule has 0 radical (unpaired) electrons. The predicted octanol–water partition coefficient (Wildman–Crippen LogP) is -1.04. The van der Waals surface area contributed by atoms with E-state index in [0.29, 0.717) is 24.8 Å². The van der Waals surface area contributed by atoms with Crippen molar-refractivity contribution in [1.29, 1.82) is 0 Å². The first kappa shape index (κ1) is 11.0. The van der Waals surface area contributed by atoms with Crippen LogP contribution in [0.2, 0.25) is 0 Å². The Balaban J connectivity index is 2.04. The van der Waals surface area contributed by atoms with Crippen LogP contribution >= 0.6 is 0 Å². The Labute approximate surface area is 83.2 Å². The van der Waals surface area contributed by atoms with E-state index in [2.05, 4.69) is 5.32 Å². The van der Waals surface area contributed by atoms with Gasteiger partial charge in [-0.25, -0.2) is 0 Å². The Kier molecular flexibility index (Phi) is 3.88. The molecule has 80 valence electrons. The zero-order valence-electron chi connectivity index (χ0n) is 8.16. The van der Waals surface area contributed by atoms with Crippen molar-refractivity contribution in [2.45, 2.75) is 19.3 Å². The van der Waals surface area contributed by atoms with Crippen molar-refractivity contribution < 1.29 is 9.59 Å². The maximum atomic E-state index is 10.8. The van der Waals surface area contributed by atoms with E-state index < -0.39 is 0 Å². The third-order valence-corrected chi connectivity index (χ3v) is 2.60. The Morgan fingerprint density at radius 2 is 1.93 bits per heavy atom. The van der Waals surface area contributed by atoms with Crippen LogP contribution < -0.4 is 16.8 Å². The number of nitrogens with one attached hydrogen (secondary N) is 1. The molecule has 0 aromatic carbocycles.